The molecule has 0 amide bonds. The van der Waals surface area contributed by atoms with Gasteiger partial charge in [-0.3, -0.25) is 4.79 Å². The topological polar surface area (TPSA) is 72.2 Å². The molecule has 1 aromatic heterocycles. The summed E-state index contributed by atoms with van der Waals surface area (Å²) in [7, 11) is 0. The third-order valence-corrected chi connectivity index (χ3v) is 2.64. The van der Waals surface area contributed by atoms with Gasteiger partial charge in [0.2, 0.25) is 11.1 Å². The predicted molar refractivity (Wildman–Crippen MR) is 66.5 cm³/mol. The van der Waals surface area contributed by atoms with Crippen LogP contribution in [0.3, 0.4) is 0 Å². The molecule has 0 aliphatic rings. The molecule has 0 aliphatic carbocycles. The summed E-state index contributed by atoms with van der Waals surface area (Å²) in [5, 5.41) is 13.3. The summed E-state index contributed by atoms with van der Waals surface area (Å²) in [4.78, 5) is 22.5. The molecule has 0 spiro atoms. The van der Waals surface area contributed by atoms with E-state index < -0.39 is 17.1 Å². The van der Waals surface area contributed by atoms with Crippen molar-refractivity contribution in [2.45, 2.75) is 6.92 Å². The fourth-order valence-electron chi connectivity index (χ4n) is 1.48. The molecule has 6 heteroatoms. The summed E-state index contributed by atoms with van der Waals surface area (Å²) >= 11 is 5.76. The standard InChI is InChI=1S/C12H9ClN2O3/c1-7-6-15(9-4-2-8(13)3-5-9)14-10(11(7)16)12(17)18/h2-6H,1H3,(H,17,18). The minimum atomic E-state index is -1.34. The van der Waals surface area contributed by atoms with Gasteiger partial charge < -0.3 is 5.11 Å². The van der Waals surface area contributed by atoms with Gasteiger partial charge in [-0.2, -0.15) is 5.10 Å². The van der Waals surface area contributed by atoms with E-state index in [4.69, 9.17) is 16.7 Å². The third kappa shape index (κ3) is 2.26. The predicted octanol–water partition coefficient (Wildman–Crippen LogP) is 1.89. The SMILES string of the molecule is Cc1cn(-c2ccc(Cl)cc2)nc(C(=O)O)c1=O. The van der Waals surface area contributed by atoms with Crippen molar-refractivity contribution in [3.8, 4) is 5.69 Å². The third-order valence-electron chi connectivity index (χ3n) is 2.39. The molecule has 1 aromatic carbocycles. The maximum absolute atomic E-state index is 11.6. The van der Waals surface area contributed by atoms with Crippen molar-refractivity contribution in [2.75, 3.05) is 0 Å². The van der Waals surface area contributed by atoms with Gasteiger partial charge in [0.05, 0.1) is 5.69 Å². The van der Waals surface area contributed by atoms with Crippen molar-refractivity contribution in [3.63, 3.8) is 0 Å². The van der Waals surface area contributed by atoms with Crippen LogP contribution in [0.4, 0.5) is 0 Å². The summed E-state index contributed by atoms with van der Waals surface area (Å²) < 4.78 is 1.34. The van der Waals surface area contributed by atoms with Crippen LogP contribution in [0.25, 0.3) is 5.69 Å². The number of carboxylic acid groups (broad SMARTS) is 1. The number of hydrogen-bond donors (Lipinski definition) is 1. The molecular weight excluding hydrogens is 256 g/mol. The first-order chi connectivity index (χ1) is 8.49. The second kappa shape index (κ2) is 4.62. The number of rotatable bonds is 2. The lowest BCUT2D eigenvalue weighted by atomic mass is 10.2. The van der Waals surface area contributed by atoms with Gasteiger partial charge in [-0.1, -0.05) is 11.6 Å². The Morgan fingerprint density at radius 1 is 1.33 bits per heavy atom. The highest BCUT2D eigenvalue weighted by atomic mass is 35.5. The van der Waals surface area contributed by atoms with Gasteiger partial charge in [0.15, 0.2) is 0 Å². The second-order valence-electron chi connectivity index (χ2n) is 3.72. The second-order valence-corrected chi connectivity index (χ2v) is 4.15. The summed E-state index contributed by atoms with van der Waals surface area (Å²) in [5.74, 6) is -1.34. The van der Waals surface area contributed by atoms with Crippen LogP contribution in [-0.2, 0) is 0 Å². The molecule has 18 heavy (non-hydrogen) atoms. The zero-order valence-electron chi connectivity index (χ0n) is 9.42. The summed E-state index contributed by atoms with van der Waals surface area (Å²) in [6.07, 6.45) is 1.48. The highest BCUT2D eigenvalue weighted by molar-refractivity contribution is 6.30. The van der Waals surface area contributed by atoms with Crippen molar-refractivity contribution in [1.29, 1.82) is 0 Å². The molecule has 1 N–H and O–H groups in total. The molecule has 2 rings (SSSR count). The van der Waals surface area contributed by atoms with Crippen molar-refractivity contribution < 1.29 is 9.90 Å². The number of aromatic carboxylic acids is 1. The number of nitrogens with zero attached hydrogens (tertiary/aromatic N) is 2. The molecule has 0 saturated carbocycles. The quantitative estimate of drug-likeness (QED) is 0.899. The highest BCUT2D eigenvalue weighted by Crippen LogP contribution is 2.12. The van der Waals surface area contributed by atoms with Crippen LogP contribution in [0, 0.1) is 6.92 Å². The van der Waals surface area contributed by atoms with Crippen LogP contribution in [0.1, 0.15) is 16.1 Å². The van der Waals surface area contributed by atoms with Gasteiger partial charge in [-0.25, -0.2) is 9.48 Å². The van der Waals surface area contributed by atoms with Crippen LogP contribution >= 0.6 is 11.6 Å². The first-order valence-electron chi connectivity index (χ1n) is 5.09. The van der Waals surface area contributed by atoms with E-state index in [0.717, 1.165) is 0 Å². The van der Waals surface area contributed by atoms with Gasteiger partial charge in [-0.05, 0) is 31.2 Å². The number of aryl methyl sites for hydroxylation is 1. The molecule has 2 aromatic rings. The monoisotopic (exact) mass is 264 g/mol. The normalized spacial score (nSPS) is 10.3. The molecule has 0 atom stereocenters. The average molecular weight is 265 g/mol. The number of hydrogen-bond acceptors (Lipinski definition) is 3. The molecule has 0 fully saturated rings. The Kier molecular flexibility index (Phi) is 3.16. The lowest BCUT2D eigenvalue weighted by Crippen LogP contribution is -2.23. The fraction of sp³-hybridized carbons (Fsp3) is 0.0833. The molecule has 92 valence electrons. The van der Waals surface area contributed by atoms with Gasteiger partial charge in [-0.15, -0.1) is 0 Å². The fourth-order valence-corrected chi connectivity index (χ4v) is 1.60. The van der Waals surface area contributed by atoms with E-state index in [-0.39, 0.29) is 0 Å². The van der Waals surface area contributed by atoms with Crippen LogP contribution in [-0.4, -0.2) is 20.9 Å². The molecular formula is C12H9ClN2O3. The Labute approximate surface area is 107 Å². The Bertz CT molecular complexity index is 662. The van der Waals surface area contributed by atoms with E-state index in [2.05, 4.69) is 5.10 Å². The largest absolute Gasteiger partial charge is 0.476 e. The smallest absolute Gasteiger partial charge is 0.360 e. The number of carboxylic acids is 1. The number of aromatic nitrogens is 2. The summed E-state index contributed by atoms with van der Waals surface area (Å²) in [5.41, 5.74) is -0.125. The van der Waals surface area contributed by atoms with E-state index in [9.17, 15) is 9.59 Å². The van der Waals surface area contributed by atoms with Crippen LogP contribution in [0.2, 0.25) is 5.02 Å². The Balaban J connectivity index is 2.62. The number of halogens is 1. The first kappa shape index (κ1) is 12.3. The first-order valence-corrected chi connectivity index (χ1v) is 5.46. The maximum Gasteiger partial charge on any atom is 0.360 e. The molecule has 0 saturated heterocycles. The lowest BCUT2D eigenvalue weighted by Gasteiger charge is -2.07. The van der Waals surface area contributed by atoms with Crippen molar-refractivity contribution in [2.24, 2.45) is 0 Å². The maximum atomic E-state index is 11.6. The zero-order valence-corrected chi connectivity index (χ0v) is 10.2. The zero-order chi connectivity index (χ0) is 13.3. The minimum absolute atomic E-state index is 0.317. The van der Waals surface area contributed by atoms with Gasteiger partial charge >= 0.3 is 5.97 Å². The lowest BCUT2D eigenvalue weighted by molar-refractivity contribution is 0.0686. The number of benzene rings is 1. The molecule has 0 bridgehead atoms. The summed E-state index contributed by atoms with van der Waals surface area (Å²) in [6.45, 7) is 1.54. The molecule has 0 unspecified atom stereocenters. The number of carbonyl (C=O) groups is 1. The van der Waals surface area contributed by atoms with Crippen LogP contribution in [0.5, 0.6) is 0 Å². The van der Waals surface area contributed by atoms with Crippen molar-refractivity contribution in [3.05, 3.63) is 57.0 Å². The molecule has 0 aliphatic heterocycles. The van der Waals surface area contributed by atoms with E-state index in [1.807, 2.05) is 0 Å². The van der Waals surface area contributed by atoms with E-state index in [0.29, 0.717) is 16.3 Å². The Morgan fingerprint density at radius 3 is 2.50 bits per heavy atom. The van der Waals surface area contributed by atoms with E-state index in [1.165, 1.54) is 10.9 Å². The van der Waals surface area contributed by atoms with Crippen molar-refractivity contribution >= 4 is 17.6 Å². The van der Waals surface area contributed by atoms with Gasteiger partial charge in [0, 0.05) is 16.8 Å². The van der Waals surface area contributed by atoms with Crippen molar-refractivity contribution in [1.82, 2.24) is 9.78 Å². The summed E-state index contributed by atoms with van der Waals surface area (Å²) in [6, 6.07) is 6.69. The molecule has 1 heterocycles. The minimum Gasteiger partial charge on any atom is -0.476 e. The van der Waals surface area contributed by atoms with E-state index >= 15 is 0 Å². The Morgan fingerprint density at radius 2 is 1.94 bits per heavy atom. The molecule has 0 radical (unpaired) electrons. The Hall–Kier alpha value is -2.14. The van der Waals surface area contributed by atoms with E-state index in [1.54, 1.807) is 31.2 Å². The average Bonchev–Trinajstić information content (AvgIpc) is 2.33. The molecule has 5 nitrogen and oxygen atoms in total. The van der Waals surface area contributed by atoms with Gasteiger partial charge in [0.25, 0.3) is 0 Å². The van der Waals surface area contributed by atoms with Crippen LogP contribution in [0.15, 0.2) is 35.3 Å². The highest BCUT2D eigenvalue weighted by Gasteiger charge is 2.14. The van der Waals surface area contributed by atoms with Gasteiger partial charge in [0.1, 0.15) is 0 Å². The van der Waals surface area contributed by atoms with Crippen LogP contribution < -0.4 is 5.43 Å².